The number of ether oxygens (including phenoxy) is 2. The highest BCUT2D eigenvalue weighted by atomic mass is 32.1. The summed E-state index contributed by atoms with van der Waals surface area (Å²) in [6.07, 6.45) is 0.0620. The van der Waals surface area contributed by atoms with Crippen molar-refractivity contribution in [3.05, 3.63) is 63.7 Å². The smallest absolute Gasteiger partial charge is 0.271 e. The molecule has 28 heavy (non-hydrogen) atoms. The van der Waals surface area contributed by atoms with E-state index in [1.54, 1.807) is 31.7 Å². The summed E-state index contributed by atoms with van der Waals surface area (Å²) in [4.78, 5) is 27.0. The number of aromatic nitrogens is 1. The maximum absolute atomic E-state index is 12.2. The van der Waals surface area contributed by atoms with Gasteiger partial charge in [-0.15, -0.1) is 11.3 Å². The van der Waals surface area contributed by atoms with Crippen molar-refractivity contribution in [3.8, 4) is 22.1 Å². The van der Waals surface area contributed by atoms with E-state index in [-0.39, 0.29) is 18.0 Å². The summed E-state index contributed by atoms with van der Waals surface area (Å²) in [5, 5.41) is 16.0. The van der Waals surface area contributed by atoms with Gasteiger partial charge in [-0.2, -0.15) is 0 Å². The number of anilines is 1. The molecule has 1 N–H and O–H groups in total. The van der Waals surface area contributed by atoms with Gasteiger partial charge in [-0.1, -0.05) is 6.07 Å². The molecular weight excluding hydrogens is 382 g/mol. The minimum atomic E-state index is -0.508. The molecule has 0 unspecified atom stereocenters. The van der Waals surface area contributed by atoms with Crippen molar-refractivity contribution in [1.29, 1.82) is 0 Å². The number of benzene rings is 2. The van der Waals surface area contributed by atoms with Gasteiger partial charge in [0.15, 0.2) is 11.5 Å². The van der Waals surface area contributed by atoms with Crippen LogP contribution in [-0.4, -0.2) is 30.0 Å². The van der Waals surface area contributed by atoms with Crippen LogP contribution in [0, 0.1) is 10.1 Å². The van der Waals surface area contributed by atoms with Crippen molar-refractivity contribution in [2.24, 2.45) is 0 Å². The first-order valence-electron chi connectivity index (χ1n) is 8.21. The molecule has 3 aromatic rings. The molecule has 0 saturated heterocycles. The van der Waals surface area contributed by atoms with Gasteiger partial charge >= 0.3 is 0 Å². The van der Waals surface area contributed by atoms with E-state index in [4.69, 9.17) is 9.47 Å². The SMILES string of the molecule is COc1ccc(-c2nc(CC(=O)Nc3cccc([N+](=O)[O-])c3)cs2)cc1OC. The molecule has 3 rings (SSSR count). The molecule has 144 valence electrons. The Labute approximate surface area is 164 Å². The fourth-order valence-corrected chi connectivity index (χ4v) is 3.37. The zero-order chi connectivity index (χ0) is 20.1. The van der Waals surface area contributed by atoms with Crippen molar-refractivity contribution in [2.45, 2.75) is 6.42 Å². The van der Waals surface area contributed by atoms with E-state index in [0.717, 1.165) is 10.6 Å². The van der Waals surface area contributed by atoms with Crippen molar-refractivity contribution < 1.29 is 19.2 Å². The zero-order valence-electron chi connectivity index (χ0n) is 15.2. The lowest BCUT2D eigenvalue weighted by Crippen LogP contribution is -2.14. The third-order valence-electron chi connectivity index (χ3n) is 3.86. The third-order valence-corrected chi connectivity index (χ3v) is 4.80. The summed E-state index contributed by atoms with van der Waals surface area (Å²) in [5.74, 6) is 0.921. The van der Waals surface area contributed by atoms with Gasteiger partial charge in [0.1, 0.15) is 5.01 Å². The van der Waals surface area contributed by atoms with Crippen LogP contribution in [0.2, 0.25) is 0 Å². The topological polar surface area (TPSA) is 104 Å². The third kappa shape index (κ3) is 4.44. The predicted octanol–water partition coefficient (Wildman–Crippen LogP) is 3.92. The molecule has 0 saturated carbocycles. The Hall–Kier alpha value is -3.46. The number of nitrogens with zero attached hydrogens (tertiary/aromatic N) is 2. The van der Waals surface area contributed by atoms with Crippen LogP contribution in [0.25, 0.3) is 10.6 Å². The van der Waals surface area contributed by atoms with Crippen molar-refractivity contribution in [3.63, 3.8) is 0 Å². The molecule has 1 heterocycles. The van der Waals surface area contributed by atoms with Gasteiger partial charge in [0.05, 0.1) is 31.3 Å². The van der Waals surface area contributed by atoms with Crippen LogP contribution in [-0.2, 0) is 11.2 Å². The van der Waals surface area contributed by atoms with E-state index in [1.165, 1.54) is 29.5 Å². The second-order valence-electron chi connectivity index (χ2n) is 5.75. The monoisotopic (exact) mass is 399 g/mol. The molecule has 0 spiro atoms. The fourth-order valence-electron chi connectivity index (χ4n) is 2.56. The lowest BCUT2D eigenvalue weighted by molar-refractivity contribution is -0.384. The highest BCUT2D eigenvalue weighted by molar-refractivity contribution is 7.13. The number of carbonyl (C=O) groups is 1. The van der Waals surface area contributed by atoms with Crippen molar-refractivity contribution in [2.75, 3.05) is 19.5 Å². The summed E-state index contributed by atoms with van der Waals surface area (Å²) in [5.41, 5.74) is 1.75. The van der Waals surface area contributed by atoms with Gasteiger partial charge in [-0.25, -0.2) is 4.98 Å². The quantitative estimate of drug-likeness (QED) is 0.477. The summed E-state index contributed by atoms with van der Waals surface area (Å²) in [6.45, 7) is 0. The van der Waals surface area contributed by atoms with Crippen LogP contribution in [0.3, 0.4) is 0 Å². The van der Waals surface area contributed by atoms with Crippen LogP contribution in [0.5, 0.6) is 11.5 Å². The highest BCUT2D eigenvalue weighted by Gasteiger charge is 2.13. The lowest BCUT2D eigenvalue weighted by Gasteiger charge is -2.08. The number of non-ortho nitro benzene ring substituents is 1. The van der Waals surface area contributed by atoms with Gasteiger partial charge in [0.2, 0.25) is 5.91 Å². The Morgan fingerprint density at radius 2 is 1.96 bits per heavy atom. The molecule has 0 bridgehead atoms. The number of nitrogens with one attached hydrogen (secondary N) is 1. The molecule has 0 aliphatic heterocycles. The molecule has 8 nitrogen and oxygen atoms in total. The maximum atomic E-state index is 12.2. The number of methoxy groups -OCH3 is 2. The van der Waals surface area contributed by atoms with E-state index < -0.39 is 4.92 Å². The van der Waals surface area contributed by atoms with Gasteiger partial charge in [0.25, 0.3) is 5.69 Å². The van der Waals surface area contributed by atoms with Gasteiger partial charge in [0, 0.05) is 28.8 Å². The molecule has 1 aromatic heterocycles. The number of hydrogen-bond donors (Lipinski definition) is 1. The summed E-state index contributed by atoms with van der Waals surface area (Å²) in [7, 11) is 3.13. The average molecular weight is 399 g/mol. The first kappa shape index (κ1) is 19.3. The van der Waals surface area contributed by atoms with Gasteiger partial charge in [-0.3, -0.25) is 14.9 Å². The van der Waals surface area contributed by atoms with Crippen molar-refractivity contribution in [1.82, 2.24) is 4.98 Å². The average Bonchev–Trinajstić information content (AvgIpc) is 3.15. The Morgan fingerprint density at radius 1 is 1.18 bits per heavy atom. The van der Waals surface area contributed by atoms with E-state index in [1.807, 2.05) is 12.1 Å². The number of nitro groups is 1. The van der Waals surface area contributed by atoms with Crippen LogP contribution >= 0.6 is 11.3 Å². The minimum absolute atomic E-state index is 0.0620. The summed E-state index contributed by atoms with van der Waals surface area (Å²) in [6, 6.07) is 11.3. The van der Waals surface area contributed by atoms with E-state index >= 15 is 0 Å². The molecule has 0 atom stereocenters. The number of thiazole rings is 1. The maximum Gasteiger partial charge on any atom is 0.271 e. The number of nitro benzene ring substituents is 1. The van der Waals surface area contributed by atoms with Crippen LogP contribution < -0.4 is 14.8 Å². The Bertz CT molecular complexity index is 1020. The normalized spacial score (nSPS) is 10.4. The Balaban J connectivity index is 1.70. The molecule has 0 fully saturated rings. The standard InChI is InChI=1S/C19H17N3O5S/c1-26-16-7-6-12(8-17(16)27-2)19-21-14(11-28-19)10-18(23)20-13-4-3-5-15(9-13)22(24)25/h3-9,11H,10H2,1-2H3,(H,20,23). The highest BCUT2D eigenvalue weighted by Crippen LogP contribution is 2.33. The molecule has 2 aromatic carbocycles. The number of hydrogen-bond acceptors (Lipinski definition) is 7. The molecule has 0 radical (unpaired) electrons. The van der Waals surface area contributed by atoms with Crippen LogP contribution in [0.15, 0.2) is 47.8 Å². The second-order valence-corrected chi connectivity index (χ2v) is 6.60. The van der Waals surface area contributed by atoms with Gasteiger partial charge < -0.3 is 14.8 Å². The van der Waals surface area contributed by atoms with Crippen LogP contribution in [0.1, 0.15) is 5.69 Å². The fraction of sp³-hybridized carbons (Fsp3) is 0.158. The molecule has 9 heteroatoms. The Morgan fingerprint density at radius 3 is 2.68 bits per heavy atom. The molecule has 0 aliphatic rings. The zero-order valence-corrected chi connectivity index (χ0v) is 16.0. The first-order valence-corrected chi connectivity index (χ1v) is 9.09. The van der Waals surface area contributed by atoms with E-state index in [2.05, 4.69) is 10.3 Å². The largest absolute Gasteiger partial charge is 0.493 e. The van der Waals surface area contributed by atoms with E-state index in [0.29, 0.717) is 22.9 Å². The number of carbonyl (C=O) groups excluding carboxylic acids is 1. The second kappa shape index (κ2) is 8.49. The predicted molar refractivity (Wildman–Crippen MR) is 106 cm³/mol. The molecular formula is C19H17N3O5S. The Kier molecular flexibility index (Phi) is 5.85. The van der Waals surface area contributed by atoms with E-state index in [9.17, 15) is 14.9 Å². The van der Waals surface area contributed by atoms with Crippen molar-refractivity contribution >= 4 is 28.6 Å². The number of amides is 1. The number of rotatable bonds is 7. The first-order chi connectivity index (χ1) is 13.5. The lowest BCUT2D eigenvalue weighted by atomic mass is 10.2. The molecule has 0 aliphatic carbocycles. The minimum Gasteiger partial charge on any atom is -0.493 e. The summed E-state index contributed by atoms with van der Waals surface area (Å²) < 4.78 is 10.5. The van der Waals surface area contributed by atoms with Gasteiger partial charge in [-0.05, 0) is 24.3 Å². The van der Waals surface area contributed by atoms with Crippen LogP contribution in [0.4, 0.5) is 11.4 Å². The summed E-state index contributed by atoms with van der Waals surface area (Å²) >= 11 is 1.41. The molecule has 1 amide bonds.